The van der Waals surface area contributed by atoms with Gasteiger partial charge >= 0.3 is 0 Å². The number of halogens is 1. The van der Waals surface area contributed by atoms with Crippen LogP contribution in [0.5, 0.6) is 0 Å². The average molecular weight is 196 g/mol. The van der Waals surface area contributed by atoms with Crippen LogP contribution < -0.4 is 5.19 Å². The fraction of sp³-hybridized carbons (Fsp3) is 0.455. The molecule has 0 bridgehead atoms. The lowest BCUT2D eigenvalue weighted by Crippen LogP contribution is -2.41. The minimum Gasteiger partial charge on any atom is -0.207 e. The van der Waals surface area contributed by atoms with Gasteiger partial charge in [-0.1, -0.05) is 25.7 Å². The van der Waals surface area contributed by atoms with Crippen LogP contribution in [0.3, 0.4) is 0 Å². The minimum absolute atomic E-state index is 0.0170. The highest BCUT2D eigenvalue weighted by Gasteiger charge is 2.22. The van der Waals surface area contributed by atoms with Crippen molar-refractivity contribution in [2.24, 2.45) is 0 Å². The van der Waals surface area contributed by atoms with Crippen LogP contribution in [0.15, 0.2) is 12.1 Å². The quantitative estimate of drug-likeness (QED) is 0.606. The molecule has 72 valence electrons. The van der Waals surface area contributed by atoms with Gasteiger partial charge in [0.1, 0.15) is 5.82 Å². The molecule has 0 radical (unpaired) electrons. The highest BCUT2D eigenvalue weighted by molar-refractivity contribution is 6.89. The summed E-state index contributed by atoms with van der Waals surface area (Å²) in [4.78, 5) is 0. The Morgan fingerprint density at radius 3 is 2.00 bits per heavy atom. The van der Waals surface area contributed by atoms with Gasteiger partial charge in [-0.25, -0.2) is 4.39 Å². The third kappa shape index (κ3) is 2.18. The summed E-state index contributed by atoms with van der Waals surface area (Å²) < 4.78 is 13.6. The van der Waals surface area contributed by atoms with Crippen LogP contribution in [0.4, 0.5) is 4.39 Å². The van der Waals surface area contributed by atoms with Crippen molar-refractivity contribution in [2.75, 3.05) is 0 Å². The number of hydrogen-bond acceptors (Lipinski definition) is 0. The summed E-state index contributed by atoms with van der Waals surface area (Å²) in [6.07, 6.45) is 0. The Labute approximate surface area is 80.8 Å². The topological polar surface area (TPSA) is 0 Å². The SMILES string of the molecule is Cc1cc(C)c([Si](C)(C)C)c(F)c1. The van der Waals surface area contributed by atoms with Gasteiger partial charge in [-0.3, -0.25) is 0 Å². The van der Waals surface area contributed by atoms with Crippen molar-refractivity contribution in [1.29, 1.82) is 0 Å². The second-order valence-electron chi connectivity index (χ2n) is 4.69. The summed E-state index contributed by atoms with van der Waals surface area (Å²) in [5.74, 6) is -0.0170. The van der Waals surface area contributed by atoms with Crippen LogP contribution in [-0.2, 0) is 0 Å². The minimum atomic E-state index is -1.52. The number of hydrogen-bond donors (Lipinski definition) is 0. The second kappa shape index (κ2) is 3.26. The second-order valence-corrected chi connectivity index (χ2v) is 9.69. The average Bonchev–Trinajstić information content (AvgIpc) is 1.78. The van der Waals surface area contributed by atoms with Crippen molar-refractivity contribution in [2.45, 2.75) is 33.5 Å². The number of rotatable bonds is 1. The van der Waals surface area contributed by atoms with Crippen LogP contribution in [0.1, 0.15) is 11.1 Å². The molecule has 0 N–H and O–H groups in total. The van der Waals surface area contributed by atoms with E-state index in [4.69, 9.17) is 0 Å². The van der Waals surface area contributed by atoms with Gasteiger partial charge in [-0.05, 0) is 36.2 Å². The van der Waals surface area contributed by atoms with Crippen LogP contribution >= 0.6 is 0 Å². The van der Waals surface area contributed by atoms with Gasteiger partial charge in [-0.15, -0.1) is 0 Å². The van der Waals surface area contributed by atoms with E-state index in [-0.39, 0.29) is 5.82 Å². The van der Waals surface area contributed by atoms with Crippen LogP contribution in [0.25, 0.3) is 0 Å². The lowest BCUT2D eigenvalue weighted by molar-refractivity contribution is 0.633. The molecule has 0 unspecified atom stereocenters. The van der Waals surface area contributed by atoms with Gasteiger partial charge in [0.15, 0.2) is 0 Å². The first-order valence-electron chi connectivity index (χ1n) is 4.59. The number of aryl methyl sites for hydroxylation is 2. The summed E-state index contributed by atoms with van der Waals surface area (Å²) in [5.41, 5.74) is 2.12. The summed E-state index contributed by atoms with van der Waals surface area (Å²) in [5, 5.41) is 0.970. The molecule has 0 amide bonds. The van der Waals surface area contributed by atoms with Crippen molar-refractivity contribution < 1.29 is 4.39 Å². The molecule has 0 aliphatic carbocycles. The highest BCUT2D eigenvalue weighted by atomic mass is 28.3. The van der Waals surface area contributed by atoms with Gasteiger partial charge in [0.25, 0.3) is 0 Å². The maximum Gasteiger partial charge on any atom is 0.122 e. The molecule has 0 heterocycles. The highest BCUT2D eigenvalue weighted by Crippen LogP contribution is 2.12. The van der Waals surface area contributed by atoms with Crippen molar-refractivity contribution in [3.05, 3.63) is 29.1 Å². The van der Waals surface area contributed by atoms with Gasteiger partial charge in [0.2, 0.25) is 0 Å². The van der Waals surface area contributed by atoms with Gasteiger partial charge in [0.05, 0.1) is 8.07 Å². The Morgan fingerprint density at radius 1 is 1.08 bits per heavy atom. The maximum absolute atomic E-state index is 13.6. The van der Waals surface area contributed by atoms with Crippen LogP contribution in [0.2, 0.25) is 19.6 Å². The molecule has 1 aromatic rings. The van der Waals surface area contributed by atoms with Crippen molar-refractivity contribution in [3.8, 4) is 0 Å². The molecule has 1 aromatic carbocycles. The standard InChI is InChI=1S/C11H17FSi/c1-8-6-9(2)11(10(12)7-8)13(3,4)5/h6-7H,1-5H3. The Hall–Kier alpha value is -0.633. The molecule has 0 spiro atoms. The van der Waals surface area contributed by atoms with E-state index in [0.29, 0.717) is 0 Å². The van der Waals surface area contributed by atoms with Gasteiger partial charge < -0.3 is 0 Å². The first-order valence-corrected chi connectivity index (χ1v) is 8.09. The van der Waals surface area contributed by atoms with E-state index in [1.165, 1.54) is 0 Å². The summed E-state index contributed by atoms with van der Waals surface area (Å²) in [6.45, 7) is 10.5. The summed E-state index contributed by atoms with van der Waals surface area (Å²) >= 11 is 0. The first kappa shape index (κ1) is 10.4. The molecular formula is C11H17FSi. The van der Waals surface area contributed by atoms with Crippen LogP contribution in [0, 0.1) is 19.7 Å². The third-order valence-electron chi connectivity index (χ3n) is 2.18. The fourth-order valence-electron chi connectivity index (χ4n) is 1.87. The van der Waals surface area contributed by atoms with E-state index in [2.05, 4.69) is 25.7 Å². The molecule has 0 aromatic heterocycles. The summed E-state index contributed by atoms with van der Waals surface area (Å²) in [7, 11) is -1.52. The Morgan fingerprint density at radius 2 is 1.62 bits per heavy atom. The van der Waals surface area contributed by atoms with E-state index >= 15 is 0 Å². The monoisotopic (exact) mass is 196 g/mol. The normalized spacial score (nSPS) is 11.8. The predicted octanol–water partition coefficient (Wildman–Crippen LogP) is 2.99. The fourth-order valence-corrected chi connectivity index (χ4v) is 3.91. The number of benzene rings is 1. The Balaban J connectivity index is 3.38. The lowest BCUT2D eigenvalue weighted by Gasteiger charge is -2.20. The lowest BCUT2D eigenvalue weighted by atomic mass is 10.1. The van der Waals surface area contributed by atoms with Crippen molar-refractivity contribution >= 4 is 13.3 Å². The first-order chi connectivity index (χ1) is 5.82. The van der Waals surface area contributed by atoms with E-state index in [1.807, 2.05) is 13.8 Å². The largest absolute Gasteiger partial charge is 0.207 e. The molecule has 0 fully saturated rings. The van der Waals surface area contributed by atoms with E-state index in [1.54, 1.807) is 6.07 Å². The molecule has 0 saturated heterocycles. The zero-order chi connectivity index (χ0) is 10.2. The van der Waals surface area contributed by atoms with Gasteiger partial charge in [-0.2, -0.15) is 0 Å². The molecule has 0 saturated carbocycles. The van der Waals surface area contributed by atoms with Crippen LogP contribution in [-0.4, -0.2) is 8.07 Å². The molecule has 0 aliphatic heterocycles. The molecule has 1 rings (SSSR count). The van der Waals surface area contributed by atoms with E-state index < -0.39 is 8.07 Å². The molecule has 0 atom stereocenters. The molecule has 13 heavy (non-hydrogen) atoms. The van der Waals surface area contributed by atoms with E-state index in [0.717, 1.165) is 16.3 Å². The molecule has 2 heteroatoms. The third-order valence-corrected chi connectivity index (χ3v) is 4.31. The Bertz CT molecular complexity index is 300. The smallest absolute Gasteiger partial charge is 0.122 e. The molecule has 0 nitrogen and oxygen atoms in total. The van der Waals surface area contributed by atoms with Crippen molar-refractivity contribution in [1.82, 2.24) is 0 Å². The Kier molecular flexibility index (Phi) is 2.62. The van der Waals surface area contributed by atoms with Crippen molar-refractivity contribution in [3.63, 3.8) is 0 Å². The van der Waals surface area contributed by atoms with Gasteiger partial charge in [0, 0.05) is 0 Å². The summed E-state index contributed by atoms with van der Waals surface area (Å²) in [6, 6.07) is 3.71. The zero-order valence-corrected chi connectivity index (χ0v) is 10.0. The molecular weight excluding hydrogens is 179 g/mol. The maximum atomic E-state index is 13.6. The molecule has 0 aliphatic rings. The predicted molar refractivity (Wildman–Crippen MR) is 58.9 cm³/mol. The zero-order valence-electron chi connectivity index (χ0n) is 9.03. The van der Waals surface area contributed by atoms with E-state index in [9.17, 15) is 4.39 Å².